The first-order valence-corrected chi connectivity index (χ1v) is 6.67. The van der Waals surface area contributed by atoms with E-state index in [0.717, 1.165) is 9.79 Å². The average molecular weight is 248 g/mol. The Labute approximate surface area is 103 Å². The van der Waals surface area contributed by atoms with Crippen molar-refractivity contribution in [3.05, 3.63) is 60.7 Å². The zero-order chi connectivity index (χ0) is 11.4. The van der Waals surface area contributed by atoms with Gasteiger partial charge in [0.2, 0.25) is 4.38 Å². The fourth-order valence-corrected chi connectivity index (χ4v) is 3.84. The second kappa shape index (κ2) is 5.14. The SMILES string of the molecule is OC(=S)[SH](c1ccccc1)c1ccccc1. The van der Waals surface area contributed by atoms with Gasteiger partial charge in [0.05, 0.1) is 0 Å². The summed E-state index contributed by atoms with van der Waals surface area (Å²) in [4.78, 5) is 2.16. The lowest BCUT2D eigenvalue weighted by Crippen LogP contribution is -1.96. The quantitative estimate of drug-likeness (QED) is 0.620. The summed E-state index contributed by atoms with van der Waals surface area (Å²) in [5.74, 6) is 0. The van der Waals surface area contributed by atoms with Crippen LogP contribution in [0.15, 0.2) is 70.5 Å². The van der Waals surface area contributed by atoms with Crippen LogP contribution in [0.2, 0.25) is 0 Å². The van der Waals surface area contributed by atoms with E-state index in [1.54, 1.807) is 0 Å². The fraction of sp³-hybridized carbons (Fsp3) is 0. The van der Waals surface area contributed by atoms with Gasteiger partial charge in [0.25, 0.3) is 0 Å². The van der Waals surface area contributed by atoms with Crippen molar-refractivity contribution in [1.82, 2.24) is 0 Å². The summed E-state index contributed by atoms with van der Waals surface area (Å²) in [5.41, 5.74) is 0. The molecular formula is C13H12OS2. The average Bonchev–Trinajstić information content (AvgIpc) is 2.31. The summed E-state index contributed by atoms with van der Waals surface area (Å²) in [6.07, 6.45) is 0. The smallest absolute Gasteiger partial charge is 0.205 e. The second-order valence-corrected chi connectivity index (χ2v) is 6.11. The number of thiol groups is 1. The molecular weight excluding hydrogens is 236 g/mol. The first-order valence-electron chi connectivity index (χ1n) is 4.92. The normalized spacial score (nSPS) is 10.9. The Bertz CT molecular complexity index is 428. The van der Waals surface area contributed by atoms with E-state index in [-0.39, 0.29) is 4.38 Å². The standard InChI is InChI=1S/C13H12OS2/c14-13(15)16(11-7-3-1-4-8-11)12-9-5-2-6-10-12/h1-10,16H,(H,14,15). The van der Waals surface area contributed by atoms with E-state index in [9.17, 15) is 5.11 Å². The maximum atomic E-state index is 9.68. The molecule has 0 aliphatic carbocycles. The minimum Gasteiger partial charge on any atom is -0.495 e. The van der Waals surface area contributed by atoms with Crippen molar-refractivity contribution in [2.24, 2.45) is 0 Å². The molecule has 0 spiro atoms. The van der Waals surface area contributed by atoms with Gasteiger partial charge in [-0.3, -0.25) is 0 Å². The molecule has 1 N–H and O–H groups in total. The molecule has 0 heterocycles. The van der Waals surface area contributed by atoms with Crippen LogP contribution in [0.3, 0.4) is 0 Å². The van der Waals surface area contributed by atoms with Crippen LogP contribution in [0.4, 0.5) is 0 Å². The van der Waals surface area contributed by atoms with E-state index in [2.05, 4.69) is 0 Å². The Balaban J connectivity index is 2.44. The predicted molar refractivity (Wildman–Crippen MR) is 73.6 cm³/mol. The lowest BCUT2D eigenvalue weighted by molar-refractivity contribution is 0.584. The van der Waals surface area contributed by atoms with E-state index in [1.165, 1.54) is 0 Å². The van der Waals surface area contributed by atoms with Crippen molar-refractivity contribution >= 4 is 27.5 Å². The van der Waals surface area contributed by atoms with Gasteiger partial charge in [0.15, 0.2) is 0 Å². The largest absolute Gasteiger partial charge is 0.495 e. The molecule has 16 heavy (non-hydrogen) atoms. The third kappa shape index (κ3) is 2.43. The van der Waals surface area contributed by atoms with Gasteiger partial charge in [-0.2, -0.15) is 0 Å². The Morgan fingerprint density at radius 3 is 1.50 bits per heavy atom. The molecule has 0 aliphatic rings. The lowest BCUT2D eigenvalue weighted by Gasteiger charge is -2.19. The van der Waals surface area contributed by atoms with E-state index >= 15 is 0 Å². The molecule has 82 valence electrons. The fourth-order valence-electron chi connectivity index (χ4n) is 1.52. The number of hydrogen-bond donors (Lipinski definition) is 2. The molecule has 0 bridgehead atoms. The summed E-state index contributed by atoms with van der Waals surface area (Å²) in [6.45, 7) is 0. The first-order chi connectivity index (χ1) is 7.79. The minimum absolute atomic E-state index is 0.0763. The minimum atomic E-state index is -0.923. The van der Waals surface area contributed by atoms with Gasteiger partial charge < -0.3 is 5.11 Å². The highest BCUT2D eigenvalue weighted by molar-refractivity contribution is 8.35. The molecule has 2 rings (SSSR count). The van der Waals surface area contributed by atoms with Gasteiger partial charge in [0.1, 0.15) is 0 Å². The molecule has 0 aromatic heterocycles. The van der Waals surface area contributed by atoms with Gasteiger partial charge >= 0.3 is 0 Å². The highest BCUT2D eigenvalue weighted by atomic mass is 32.2. The summed E-state index contributed by atoms with van der Waals surface area (Å²) >= 11 is 4.97. The van der Waals surface area contributed by atoms with Crippen LogP contribution in [-0.4, -0.2) is 9.49 Å². The summed E-state index contributed by atoms with van der Waals surface area (Å²) in [6, 6.07) is 19.8. The first kappa shape index (κ1) is 11.2. The Morgan fingerprint density at radius 2 is 1.19 bits per heavy atom. The number of aliphatic hydroxyl groups excluding tert-OH is 1. The molecule has 0 saturated heterocycles. The molecule has 0 atom stereocenters. The highest BCUT2D eigenvalue weighted by Gasteiger charge is 2.13. The zero-order valence-electron chi connectivity index (χ0n) is 8.58. The van der Waals surface area contributed by atoms with Crippen molar-refractivity contribution < 1.29 is 5.11 Å². The van der Waals surface area contributed by atoms with Crippen molar-refractivity contribution in [3.8, 4) is 0 Å². The van der Waals surface area contributed by atoms with Crippen LogP contribution in [0.5, 0.6) is 0 Å². The molecule has 0 unspecified atom stereocenters. The lowest BCUT2D eigenvalue weighted by atomic mass is 10.4. The molecule has 0 saturated carbocycles. The molecule has 3 heteroatoms. The van der Waals surface area contributed by atoms with Gasteiger partial charge in [0, 0.05) is 0 Å². The molecule has 1 nitrogen and oxygen atoms in total. The Hall–Kier alpha value is -1.32. The second-order valence-electron chi connectivity index (χ2n) is 3.29. The van der Waals surface area contributed by atoms with Gasteiger partial charge in [-0.25, -0.2) is 0 Å². The number of rotatable bonds is 2. The van der Waals surface area contributed by atoms with Crippen LogP contribution in [0.25, 0.3) is 0 Å². The third-order valence-corrected chi connectivity index (χ3v) is 4.78. The summed E-state index contributed by atoms with van der Waals surface area (Å²) in [5, 5.41) is 9.68. The highest BCUT2D eigenvalue weighted by Crippen LogP contribution is 2.44. The van der Waals surface area contributed by atoms with E-state index in [0.29, 0.717) is 0 Å². The molecule has 0 fully saturated rings. The van der Waals surface area contributed by atoms with E-state index < -0.39 is 10.9 Å². The van der Waals surface area contributed by atoms with Crippen LogP contribution in [0.1, 0.15) is 0 Å². The van der Waals surface area contributed by atoms with Crippen LogP contribution in [-0.2, 0) is 0 Å². The van der Waals surface area contributed by atoms with Crippen LogP contribution in [0, 0.1) is 0 Å². The van der Waals surface area contributed by atoms with E-state index in [4.69, 9.17) is 12.2 Å². The van der Waals surface area contributed by atoms with Crippen LogP contribution >= 0.6 is 23.1 Å². The van der Waals surface area contributed by atoms with E-state index in [1.807, 2.05) is 60.7 Å². The summed E-state index contributed by atoms with van der Waals surface area (Å²) in [7, 11) is -0.923. The van der Waals surface area contributed by atoms with Crippen molar-refractivity contribution in [3.63, 3.8) is 0 Å². The molecule has 2 aromatic rings. The number of aliphatic hydroxyl groups is 1. The van der Waals surface area contributed by atoms with Crippen molar-refractivity contribution in [2.75, 3.05) is 0 Å². The van der Waals surface area contributed by atoms with Gasteiger partial charge in [-0.05, 0) is 46.3 Å². The number of benzene rings is 2. The maximum absolute atomic E-state index is 9.68. The summed E-state index contributed by atoms with van der Waals surface area (Å²) < 4.78 is 0.0763. The topological polar surface area (TPSA) is 20.2 Å². The molecule has 0 aliphatic heterocycles. The monoisotopic (exact) mass is 248 g/mol. The van der Waals surface area contributed by atoms with Gasteiger partial charge in [-0.15, -0.1) is 10.9 Å². The molecule has 0 amide bonds. The van der Waals surface area contributed by atoms with Crippen molar-refractivity contribution in [1.29, 1.82) is 0 Å². The molecule has 0 radical (unpaired) electrons. The number of hydrogen-bond acceptors (Lipinski definition) is 1. The molecule has 2 aromatic carbocycles. The predicted octanol–water partition coefficient (Wildman–Crippen LogP) is 3.95. The zero-order valence-corrected chi connectivity index (χ0v) is 10.3. The Morgan fingerprint density at radius 1 is 0.812 bits per heavy atom. The third-order valence-electron chi connectivity index (χ3n) is 2.22. The van der Waals surface area contributed by atoms with Crippen molar-refractivity contribution in [2.45, 2.75) is 9.79 Å². The van der Waals surface area contributed by atoms with Gasteiger partial charge in [-0.1, -0.05) is 36.4 Å². The Kier molecular flexibility index (Phi) is 3.59. The number of thiocarbonyl (C=S) groups is 1. The van der Waals surface area contributed by atoms with Crippen LogP contribution < -0.4 is 0 Å². The maximum Gasteiger partial charge on any atom is 0.205 e.